The molecule has 0 saturated carbocycles. The molecule has 1 heterocycles. The Balaban J connectivity index is 1.44. The number of Topliss-reactive ketones (excluding diaryl/α,β-unsaturated/α-hetero) is 2. The van der Waals surface area contributed by atoms with E-state index >= 15 is 0 Å². The monoisotopic (exact) mass is 504 g/mol. The number of methoxy groups -OCH3 is 1. The van der Waals surface area contributed by atoms with E-state index in [0.29, 0.717) is 35.5 Å². The predicted octanol–water partition coefficient (Wildman–Crippen LogP) is 4.90. The predicted molar refractivity (Wildman–Crippen MR) is 136 cm³/mol. The van der Waals surface area contributed by atoms with E-state index in [0.717, 1.165) is 42.6 Å². The molecular weight excluding hydrogens is 475 g/mol. The third kappa shape index (κ3) is 4.63. The second-order valence-corrected chi connectivity index (χ2v) is 9.49. The van der Waals surface area contributed by atoms with E-state index < -0.39 is 17.6 Å². The van der Waals surface area contributed by atoms with E-state index in [4.69, 9.17) is 9.47 Å². The van der Waals surface area contributed by atoms with Gasteiger partial charge in [-0.2, -0.15) is 0 Å². The smallest absolute Gasteiger partial charge is 0.262 e. The molecule has 0 bridgehead atoms. The first kappa shape index (κ1) is 24.7. The summed E-state index contributed by atoms with van der Waals surface area (Å²) in [6.07, 6.45) is 4.14. The fourth-order valence-electron chi connectivity index (χ4n) is 5.56. The molecule has 1 N–H and O–H groups in total. The highest BCUT2D eigenvalue weighted by Crippen LogP contribution is 2.49. The summed E-state index contributed by atoms with van der Waals surface area (Å²) in [4.78, 5) is 40.7. The fourth-order valence-corrected chi connectivity index (χ4v) is 5.56. The summed E-state index contributed by atoms with van der Waals surface area (Å²) in [5, 5.41) is 2.49. The van der Waals surface area contributed by atoms with E-state index in [1.165, 1.54) is 25.3 Å². The van der Waals surface area contributed by atoms with E-state index in [1.54, 1.807) is 18.2 Å². The molecule has 0 fully saturated rings. The van der Waals surface area contributed by atoms with Gasteiger partial charge in [-0.25, -0.2) is 4.39 Å². The van der Waals surface area contributed by atoms with Gasteiger partial charge < -0.3 is 19.7 Å². The number of rotatable bonds is 6. The largest absolute Gasteiger partial charge is 0.493 e. The molecule has 0 radical (unpaired) electrons. The standard InChI is InChI=1S/C29H29FN2O5/c1-32-20-9-5-11-22(33)28(20)27(29-21(32)10-6-12-23(29)34)17-13-14-24(25(15-17)36-2)37-16-26(35)31-19-8-4-3-7-18(19)30/h3-4,7-8,13-15,27H,5-6,9-12,16H2,1-2H3,(H,31,35). The van der Waals surface area contributed by atoms with Crippen LogP contribution in [0.2, 0.25) is 0 Å². The Kier molecular flexibility index (Phi) is 6.82. The van der Waals surface area contributed by atoms with E-state index in [2.05, 4.69) is 10.2 Å². The van der Waals surface area contributed by atoms with Gasteiger partial charge in [0.25, 0.3) is 5.91 Å². The molecule has 192 valence electrons. The maximum Gasteiger partial charge on any atom is 0.262 e. The molecule has 0 atom stereocenters. The van der Waals surface area contributed by atoms with Crippen molar-refractivity contribution in [3.63, 3.8) is 0 Å². The van der Waals surface area contributed by atoms with Gasteiger partial charge in [0, 0.05) is 48.3 Å². The lowest BCUT2D eigenvalue weighted by molar-refractivity contribution is -0.118. The lowest BCUT2D eigenvalue weighted by Gasteiger charge is -2.42. The number of anilines is 1. The summed E-state index contributed by atoms with van der Waals surface area (Å²) < 4.78 is 25.1. The van der Waals surface area contributed by atoms with Crippen molar-refractivity contribution in [3.05, 3.63) is 76.4 Å². The van der Waals surface area contributed by atoms with Crippen LogP contribution in [0.25, 0.3) is 0 Å². The first-order chi connectivity index (χ1) is 17.9. The zero-order valence-electron chi connectivity index (χ0n) is 20.9. The molecule has 5 rings (SSSR count). The van der Waals surface area contributed by atoms with Crippen LogP contribution in [-0.2, 0) is 14.4 Å². The molecule has 0 unspecified atom stereocenters. The second-order valence-electron chi connectivity index (χ2n) is 9.49. The Labute approximate surface area is 214 Å². The maximum atomic E-state index is 13.8. The minimum Gasteiger partial charge on any atom is -0.493 e. The maximum absolute atomic E-state index is 13.8. The molecule has 0 aromatic heterocycles. The number of nitrogens with zero attached hydrogens (tertiary/aromatic N) is 1. The zero-order chi connectivity index (χ0) is 26.1. The van der Waals surface area contributed by atoms with E-state index in [-0.39, 0.29) is 23.9 Å². The van der Waals surface area contributed by atoms with Crippen molar-refractivity contribution in [2.45, 2.75) is 44.4 Å². The first-order valence-electron chi connectivity index (χ1n) is 12.5. The van der Waals surface area contributed by atoms with Gasteiger partial charge in [0.15, 0.2) is 29.7 Å². The summed E-state index contributed by atoms with van der Waals surface area (Å²) in [5.74, 6) is -0.639. The topological polar surface area (TPSA) is 84.9 Å². The Morgan fingerprint density at radius 2 is 1.62 bits per heavy atom. The summed E-state index contributed by atoms with van der Waals surface area (Å²) in [6.45, 7) is -0.347. The molecule has 2 aromatic carbocycles. The average Bonchev–Trinajstić information content (AvgIpc) is 2.90. The lowest BCUT2D eigenvalue weighted by Crippen LogP contribution is -2.37. The number of amides is 1. The number of carbonyl (C=O) groups is 3. The van der Waals surface area contributed by atoms with E-state index in [1.807, 2.05) is 13.1 Å². The molecule has 8 heteroatoms. The normalized spacial score (nSPS) is 18.0. The molecule has 0 spiro atoms. The number of ether oxygens (including phenoxy) is 2. The van der Waals surface area contributed by atoms with E-state index in [9.17, 15) is 18.8 Å². The van der Waals surface area contributed by atoms with Crippen LogP contribution in [0, 0.1) is 5.82 Å². The minimum atomic E-state index is -0.534. The molecule has 1 aliphatic heterocycles. The van der Waals surface area contributed by atoms with Crippen molar-refractivity contribution >= 4 is 23.2 Å². The molecule has 0 saturated heterocycles. The summed E-state index contributed by atoms with van der Waals surface area (Å²) in [6, 6.07) is 11.2. The third-order valence-corrected chi connectivity index (χ3v) is 7.27. The Morgan fingerprint density at radius 3 is 2.24 bits per heavy atom. The van der Waals surface area contributed by atoms with Gasteiger partial charge in [-0.3, -0.25) is 14.4 Å². The summed E-state index contributed by atoms with van der Waals surface area (Å²) in [7, 11) is 3.45. The molecule has 37 heavy (non-hydrogen) atoms. The molecule has 2 aromatic rings. The number of nitrogens with one attached hydrogen (secondary N) is 1. The van der Waals surface area contributed by atoms with Gasteiger partial charge in [-0.1, -0.05) is 18.2 Å². The van der Waals surface area contributed by atoms with Crippen molar-refractivity contribution in [2.24, 2.45) is 0 Å². The number of hydrogen-bond acceptors (Lipinski definition) is 6. The Morgan fingerprint density at radius 1 is 0.973 bits per heavy atom. The first-order valence-corrected chi connectivity index (χ1v) is 12.5. The Hall–Kier alpha value is -3.94. The molecular formula is C29H29FN2O5. The van der Waals surface area contributed by atoms with Crippen LogP contribution in [0.1, 0.15) is 50.0 Å². The fraction of sp³-hybridized carbons (Fsp3) is 0.345. The van der Waals surface area contributed by atoms with Gasteiger partial charge in [0.1, 0.15) is 5.82 Å². The van der Waals surface area contributed by atoms with Crippen molar-refractivity contribution in [2.75, 3.05) is 26.1 Å². The molecule has 3 aliphatic rings. The lowest BCUT2D eigenvalue weighted by atomic mass is 9.71. The van der Waals surface area contributed by atoms with Crippen molar-refractivity contribution < 1.29 is 28.2 Å². The molecule has 7 nitrogen and oxygen atoms in total. The highest BCUT2D eigenvalue weighted by Gasteiger charge is 2.42. The van der Waals surface area contributed by atoms with Crippen LogP contribution in [0.5, 0.6) is 11.5 Å². The Bertz CT molecular complexity index is 1300. The number of para-hydroxylation sites is 1. The van der Waals surface area contributed by atoms with Crippen LogP contribution in [0.4, 0.5) is 10.1 Å². The van der Waals surface area contributed by atoms with Crippen molar-refractivity contribution in [1.82, 2.24) is 4.90 Å². The van der Waals surface area contributed by atoms with Gasteiger partial charge >= 0.3 is 0 Å². The molecule has 1 amide bonds. The average molecular weight is 505 g/mol. The van der Waals surface area contributed by atoms with Crippen LogP contribution < -0.4 is 14.8 Å². The van der Waals surface area contributed by atoms with Crippen molar-refractivity contribution in [1.29, 1.82) is 0 Å². The van der Waals surface area contributed by atoms with Crippen molar-refractivity contribution in [3.8, 4) is 11.5 Å². The van der Waals surface area contributed by atoms with Crippen LogP contribution >= 0.6 is 0 Å². The summed E-state index contributed by atoms with van der Waals surface area (Å²) in [5.41, 5.74) is 4.24. The molecule has 2 aliphatic carbocycles. The quantitative estimate of drug-likeness (QED) is 0.603. The number of halogens is 1. The van der Waals surface area contributed by atoms with Crippen LogP contribution in [-0.4, -0.2) is 43.1 Å². The number of benzene rings is 2. The number of carbonyl (C=O) groups excluding carboxylic acids is 3. The van der Waals surface area contributed by atoms with Gasteiger partial charge in [0.2, 0.25) is 0 Å². The van der Waals surface area contributed by atoms with Gasteiger partial charge in [-0.15, -0.1) is 0 Å². The third-order valence-electron chi connectivity index (χ3n) is 7.27. The van der Waals surface area contributed by atoms with Gasteiger partial charge in [0.05, 0.1) is 12.8 Å². The number of ketones is 2. The minimum absolute atomic E-state index is 0.0723. The zero-order valence-corrected chi connectivity index (χ0v) is 20.9. The van der Waals surface area contributed by atoms with Crippen LogP contribution in [0.15, 0.2) is 65.0 Å². The number of hydrogen-bond donors (Lipinski definition) is 1. The summed E-state index contributed by atoms with van der Waals surface area (Å²) >= 11 is 0. The SMILES string of the molecule is COc1cc(C2C3=C(CCCC3=O)N(C)C3=C2C(=O)CCC3)ccc1OCC(=O)Nc1ccccc1F. The highest BCUT2D eigenvalue weighted by atomic mass is 19.1. The highest BCUT2D eigenvalue weighted by molar-refractivity contribution is 6.06. The number of allylic oxidation sites excluding steroid dienone is 4. The van der Waals surface area contributed by atoms with Crippen LogP contribution in [0.3, 0.4) is 0 Å². The second kappa shape index (κ2) is 10.2. The van der Waals surface area contributed by atoms with Gasteiger partial charge in [-0.05, 0) is 55.5 Å².